The van der Waals surface area contributed by atoms with Crippen molar-refractivity contribution in [3.63, 3.8) is 0 Å². The lowest BCUT2D eigenvalue weighted by Gasteiger charge is -2.22. The number of rotatable bonds is 0. The van der Waals surface area contributed by atoms with E-state index in [4.69, 9.17) is 9.47 Å². The van der Waals surface area contributed by atoms with E-state index in [9.17, 15) is 0 Å². The maximum absolute atomic E-state index is 5.49. The third-order valence-electron chi connectivity index (χ3n) is 3.42. The Bertz CT molecular complexity index is 197. The molecule has 0 radical (unpaired) electrons. The van der Waals surface area contributed by atoms with Crippen LogP contribution in [0.4, 0.5) is 0 Å². The molecule has 0 amide bonds. The molecule has 6 nitrogen and oxygen atoms in total. The van der Waals surface area contributed by atoms with E-state index in [1.807, 2.05) is 0 Å². The largest absolute Gasteiger partial charge is 0.378 e. The summed E-state index contributed by atoms with van der Waals surface area (Å²) in [5.74, 6) is 0. The molecular weight excluding hydrogens is 256 g/mol. The van der Waals surface area contributed by atoms with E-state index in [0.717, 1.165) is 65.6 Å². The second kappa shape index (κ2) is 12.5. The summed E-state index contributed by atoms with van der Waals surface area (Å²) in [6.07, 6.45) is 0. The van der Waals surface area contributed by atoms with Gasteiger partial charge in [0.25, 0.3) is 0 Å². The van der Waals surface area contributed by atoms with Crippen molar-refractivity contribution < 1.29 is 9.47 Å². The molecule has 20 heavy (non-hydrogen) atoms. The van der Waals surface area contributed by atoms with Crippen molar-refractivity contribution >= 4 is 0 Å². The highest BCUT2D eigenvalue weighted by molar-refractivity contribution is 4.60. The van der Waals surface area contributed by atoms with Crippen LogP contribution in [0.3, 0.4) is 0 Å². The van der Waals surface area contributed by atoms with Gasteiger partial charge >= 0.3 is 0 Å². The molecule has 1 rings (SSSR count). The minimum atomic E-state index is 0.685. The summed E-state index contributed by atoms with van der Waals surface area (Å²) in [5.41, 5.74) is 0. The maximum Gasteiger partial charge on any atom is 0.0701 e. The lowest BCUT2D eigenvalue weighted by molar-refractivity contribution is 0.0496. The quantitative estimate of drug-likeness (QED) is 0.601. The van der Waals surface area contributed by atoms with Crippen molar-refractivity contribution in [1.29, 1.82) is 0 Å². The molecule has 1 heterocycles. The smallest absolute Gasteiger partial charge is 0.0701 e. The van der Waals surface area contributed by atoms with E-state index in [2.05, 4.69) is 34.5 Å². The monoisotopic (exact) mass is 288 g/mol. The second-order valence-electron chi connectivity index (χ2n) is 5.33. The molecule has 0 saturated carbocycles. The highest BCUT2D eigenvalue weighted by Crippen LogP contribution is 1.86. The molecule has 0 bridgehead atoms. The van der Waals surface area contributed by atoms with Gasteiger partial charge in [0.05, 0.1) is 26.4 Å². The van der Waals surface area contributed by atoms with Crippen LogP contribution >= 0.6 is 0 Å². The van der Waals surface area contributed by atoms with Crippen LogP contribution in [0.25, 0.3) is 0 Å². The minimum Gasteiger partial charge on any atom is -0.378 e. The molecular formula is C14H32N4O2. The lowest BCUT2D eigenvalue weighted by Crippen LogP contribution is -2.38. The predicted octanol–water partition coefficient (Wildman–Crippen LogP) is -0.924. The summed E-state index contributed by atoms with van der Waals surface area (Å²) in [7, 11) is 4.36. The molecule has 0 aromatic carbocycles. The zero-order valence-electron chi connectivity index (χ0n) is 13.2. The van der Waals surface area contributed by atoms with E-state index in [1.165, 1.54) is 0 Å². The molecule has 0 aromatic rings. The van der Waals surface area contributed by atoms with Crippen molar-refractivity contribution in [3.05, 3.63) is 0 Å². The molecule has 1 fully saturated rings. The first-order valence-corrected chi connectivity index (χ1v) is 7.73. The van der Waals surface area contributed by atoms with Gasteiger partial charge < -0.3 is 29.9 Å². The molecule has 0 aromatic heterocycles. The van der Waals surface area contributed by atoms with Crippen LogP contribution in [-0.4, -0.2) is 103 Å². The van der Waals surface area contributed by atoms with Crippen molar-refractivity contribution in [2.75, 3.05) is 92.9 Å². The van der Waals surface area contributed by atoms with Crippen LogP contribution in [0.15, 0.2) is 0 Å². The van der Waals surface area contributed by atoms with Gasteiger partial charge in [0, 0.05) is 52.4 Å². The van der Waals surface area contributed by atoms with Gasteiger partial charge in [-0.15, -0.1) is 0 Å². The van der Waals surface area contributed by atoms with Gasteiger partial charge in [-0.2, -0.15) is 0 Å². The molecule has 1 saturated heterocycles. The Morgan fingerprint density at radius 2 is 1.05 bits per heavy atom. The van der Waals surface area contributed by atoms with Crippen LogP contribution in [0.5, 0.6) is 0 Å². The minimum absolute atomic E-state index is 0.685. The second-order valence-corrected chi connectivity index (χ2v) is 5.33. The molecule has 0 aliphatic carbocycles. The third-order valence-corrected chi connectivity index (χ3v) is 3.42. The molecule has 120 valence electrons. The number of ether oxygens (including phenoxy) is 2. The average Bonchev–Trinajstić information content (AvgIpc) is 2.44. The van der Waals surface area contributed by atoms with Gasteiger partial charge in [-0.3, -0.25) is 0 Å². The number of likely N-dealkylation sites (N-methyl/N-ethyl adjacent to an activating group) is 2. The molecule has 1 aliphatic heterocycles. The zero-order valence-corrected chi connectivity index (χ0v) is 13.2. The molecule has 1 aliphatic rings. The van der Waals surface area contributed by atoms with Gasteiger partial charge in [0.1, 0.15) is 0 Å². The van der Waals surface area contributed by atoms with E-state index in [0.29, 0.717) is 13.2 Å². The number of hydrogen-bond donors (Lipinski definition) is 2. The molecule has 0 atom stereocenters. The van der Waals surface area contributed by atoms with Crippen LogP contribution in [0.2, 0.25) is 0 Å². The predicted molar refractivity (Wildman–Crippen MR) is 82.4 cm³/mol. The lowest BCUT2D eigenvalue weighted by atomic mass is 10.4. The SMILES string of the molecule is CN1CCNCCOCCOCCNCCN(C)CC1. The van der Waals surface area contributed by atoms with Crippen molar-refractivity contribution in [2.24, 2.45) is 0 Å². The Morgan fingerprint density at radius 1 is 0.600 bits per heavy atom. The molecule has 0 spiro atoms. The van der Waals surface area contributed by atoms with Crippen LogP contribution < -0.4 is 10.6 Å². The Hall–Kier alpha value is -0.240. The van der Waals surface area contributed by atoms with E-state index in [-0.39, 0.29) is 0 Å². The fourth-order valence-electron chi connectivity index (χ4n) is 1.97. The van der Waals surface area contributed by atoms with E-state index >= 15 is 0 Å². The topological polar surface area (TPSA) is 49.0 Å². The Kier molecular flexibility index (Phi) is 11.1. The van der Waals surface area contributed by atoms with Gasteiger partial charge in [0.15, 0.2) is 0 Å². The van der Waals surface area contributed by atoms with Crippen LogP contribution in [-0.2, 0) is 9.47 Å². The summed E-state index contributed by atoms with van der Waals surface area (Å²) in [5, 5.41) is 6.80. The standard InChI is InChI=1S/C14H32N4O2/c1-17-7-3-15-5-11-19-13-14-20-12-6-16-4-8-18(2)10-9-17/h15-16H,3-14H2,1-2H3. The number of nitrogens with one attached hydrogen (secondary N) is 2. The number of hydrogen-bond acceptors (Lipinski definition) is 6. The Morgan fingerprint density at radius 3 is 1.50 bits per heavy atom. The first kappa shape index (κ1) is 17.8. The number of nitrogens with zero attached hydrogens (tertiary/aromatic N) is 2. The zero-order chi connectivity index (χ0) is 14.5. The Labute approximate surface area is 123 Å². The highest BCUT2D eigenvalue weighted by atomic mass is 16.5. The Balaban J connectivity index is 2.17. The fraction of sp³-hybridized carbons (Fsp3) is 1.00. The van der Waals surface area contributed by atoms with Gasteiger partial charge in [-0.05, 0) is 14.1 Å². The normalized spacial score (nSPS) is 24.9. The van der Waals surface area contributed by atoms with Crippen molar-refractivity contribution in [1.82, 2.24) is 20.4 Å². The first-order chi connectivity index (χ1) is 9.79. The highest BCUT2D eigenvalue weighted by Gasteiger charge is 2.02. The van der Waals surface area contributed by atoms with Gasteiger partial charge in [-0.1, -0.05) is 0 Å². The van der Waals surface area contributed by atoms with Crippen molar-refractivity contribution in [2.45, 2.75) is 0 Å². The first-order valence-electron chi connectivity index (χ1n) is 7.73. The van der Waals surface area contributed by atoms with E-state index in [1.54, 1.807) is 0 Å². The van der Waals surface area contributed by atoms with Gasteiger partial charge in [-0.25, -0.2) is 0 Å². The molecule has 0 unspecified atom stereocenters. The molecule has 2 N–H and O–H groups in total. The summed E-state index contributed by atoms with van der Waals surface area (Å²) >= 11 is 0. The maximum atomic E-state index is 5.49. The molecule has 6 heteroatoms. The summed E-state index contributed by atoms with van der Waals surface area (Å²) in [6, 6.07) is 0. The van der Waals surface area contributed by atoms with Gasteiger partial charge in [0.2, 0.25) is 0 Å². The fourth-order valence-corrected chi connectivity index (χ4v) is 1.97. The third kappa shape index (κ3) is 10.5. The summed E-state index contributed by atoms with van der Waals surface area (Å²) < 4.78 is 11.0. The summed E-state index contributed by atoms with van der Waals surface area (Å²) in [6.45, 7) is 11.1. The van der Waals surface area contributed by atoms with E-state index < -0.39 is 0 Å². The van der Waals surface area contributed by atoms with Crippen LogP contribution in [0, 0.1) is 0 Å². The average molecular weight is 288 g/mol. The van der Waals surface area contributed by atoms with Crippen molar-refractivity contribution in [3.8, 4) is 0 Å². The summed E-state index contributed by atoms with van der Waals surface area (Å²) in [4.78, 5) is 4.74. The van der Waals surface area contributed by atoms with Crippen LogP contribution in [0.1, 0.15) is 0 Å².